The molecular weight excluding hydrogens is 467 g/mol. The number of carbonyl (C=O) groups is 1. The summed E-state index contributed by atoms with van der Waals surface area (Å²) in [7, 11) is -7.67. The zero-order valence-corrected chi connectivity index (χ0v) is 18.2. The third-order valence-electron chi connectivity index (χ3n) is 3.87. The first-order chi connectivity index (χ1) is 14.7. The minimum absolute atomic E-state index is 0.00671. The van der Waals surface area contributed by atoms with Crippen LogP contribution in [0.3, 0.4) is 0 Å². The fourth-order valence-electron chi connectivity index (χ4n) is 2.38. The molecule has 3 N–H and O–H groups in total. The third kappa shape index (κ3) is 6.30. The summed E-state index contributed by atoms with van der Waals surface area (Å²) in [6.07, 6.45) is 1.31. The molecule has 0 aliphatic heterocycles. The van der Waals surface area contributed by atoms with Gasteiger partial charge in [-0.3, -0.25) is 9.52 Å². The van der Waals surface area contributed by atoms with Gasteiger partial charge in [-0.15, -0.1) is 11.3 Å². The molecule has 0 atom stereocenters. The van der Waals surface area contributed by atoms with Crippen LogP contribution in [0.1, 0.15) is 6.42 Å². The summed E-state index contributed by atoms with van der Waals surface area (Å²) in [5, 5.41) is 4.42. The van der Waals surface area contributed by atoms with Gasteiger partial charge in [0.15, 0.2) is 5.13 Å². The molecule has 0 unspecified atom stereocenters. The predicted molar refractivity (Wildman–Crippen MR) is 114 cm³/mol. The molecule has 9 nitrogen and oxygen atoms in total. The van der Waals surface area contributed by atoms with Crippen LogP contribution in [-0.2, 0) is 24.8 Å². The van der Waals surface area contributed by atoms with Crippen LogP contribution in [-0.4, -0.2) is 34.3 Å². The smallest absolute Gasteiger partial charge is 0.263 e. The van der Waals surface area contributed by atoms with Gasteiger partial charge in [-0.25, -0.2) is 30.9 Å². The molecule has 13 heteroatoms. The van der Waals surface area contributed by atoms with Gasteiger partial charge in [-0.05, 0) is 48.5 Å². The molecule has 1 aromatic heterocycles. The summed E-state index contributed by atoms with van der Waals surface area (Å²) in [5.74, 6) is -1.03. The van der Waals surface area contributed by atoms with Crippen LogP contribution in [0, 0.1) is 5.82 Å². The van der Waals surface area contributed by atoms with Crippen molar-refractivity contribution < 1.29 is 26.0 Å². The van der Waals surface area contributed by atoms with Gasteiger partial charge in [-0.2, -0.15) is 0 Å². The molecule has 0 bridgehead atoms. The van der Waals surface area contributed by atoms with E-state index in [1.807, 2.05) is 0 Å². The number of rotatable bonds is 9. The SMILES string of the molecule is O=C(CCNS(=O)(=O)c1ccc(F)cc1)Nc1ccc(S(=O)(=O)Nc2nccs2)cc1. The molecule has 0 spiro atoms. The summed E-state index contributed by atoms with van der Waals surface area (Å²) in [6, 6.07) is 9.77. The van der Waals surface area contributed by atoms with E-state index in [1.54, 1.807) is 5.38 Å². The average Bonchev–Trinajstić information content (AvgIpc) is 3.21. The Labute approximate surface area is 182 Å². The maximum Gasteiger partial charge on any atom is 0.263 e. The number of aromatic nitrogens is 1. The first-order valence-electron chi connectivity index (χ1n) is 8.73. The minimum Gasteiger partial charge on any atom is -0.326 e. The lowest BCUT2D eigenvalue weighted by molar-refractivity contribution is -0.116. The van der Waals surface area contributed by atoms with Crippen LogP contribution in [0.2, 0.25) is 0 Å². The zero-order valence-electron chi connectivity index (χ0n) is 15.8. The molecule has 1 heterocycles. The lowest BCUT2D eigenvalue weighted by Crippen LogP contribution is -2.27. The Morgan fingerprint density at radius 1 is 0.935 bits per heavy atom. The Balaban J connectivity index is 1.52. The first-order valence-corrected chi connectivity index (χ1v) is 12.6. The Morgan fingerprint density at radius 2 is 1.55 bits per heavy atom. The second-order valence-corrected chi connectivity index (χ2v) is 10.5. The highest BCUT2D eigenvalue weighted by atomic mass is 32.2. The second kappa shape index (κ2) is 9.51. The lowest BCUT2D eigenvalue weighted by Gasteiger charge is -2.09. The molecule has 0 aliphatic carbocycles. The van der Waals surface area contributed by atoms with Gasteiger partial charge in [0.1, 0.15) is 5.82 Å². The Morgan fingerprint density at radius 3 is 2.16 bits per heavy atom. The van der Waals surface area contributed by atoms with Crippen molar-refractivity contribution in [1.29, 1.82) is 0 Å². The standard InChI is InChI=1S/C18H17FN4O5S3/c19-13-1-5-15(6-2-13)30(25,26)21-10-9-17(24)22-14-3-7-16(8-4-14)31(27,28)23-18-20-11-12-29-18/h1-8,11-12,21H,9-10H2,(H,20,23)(H,22,24). The van der Waals surface area contributed by atoms with Crippen molar-refractivity contribution in [2.24, 2.45) is 0 Å². The third-order valence-corrected chi connectivity index (χ3v) is 7.52. The highest BCUT2D eigenvalue weighted by Crippen LogP contribution is 2.19. The van der Waals surface area contributed by atoms with Gasteiger partial charge in [0.2, 0.25) is 15.9 Å². The second-order valence-electron chi connectivity index (χ2n) is 6.12. The molecule has 0 saturated heterocycles. The largest absolute Gasteiger partial charge is 0.326 e. The quantitative estimate of drug-likeness (QED) is 0.427. The van der Waals surface area contributed by atoms with E-state index >= 15 is 0 Å². The van der Waals surface area contributed by atoms with Crippen molar-refractivity contribution in [2.45, 2.75) is 16.2 Å². The molecule has 0 aliphatic rings. The normalized spacial score (nSPS) is 11.8. The van der Waals surface area contributed by atoms with Gasteiger partial charge in [0.25, 0.3) is 10.0 Å². The Bertz CT molecular complexity index is 1240. The van der Waals surface area contributed by atoms with E-state index in [-0.39, 0.29) is 27.9 Å². The van der Waals surface area contributed by atoms with Crippen LogP contribution in [0.25, 0.3) is 0 Å². The van der Waals surface area contributed by atoms with Gasteiger partial charge in [0.05, 0.1) is 9.79 Å². The Hall–Kier alpha value is -2.87. The van der Waals surface area contributed by atoms with Crippen molar-refractivity contribution in [3.05, 3.63) is 65.9 Å². The Kier molecular flexibility index (Phi) is 7.00. The van der Waals surface area contributed by atoms with E-state index in [2.05, 4.69) is 19.7 Å². The van der Waals surface area contributed by atoms with E-state index in [0.717, 1.165) is 35.6 Å². The molecule has 2 aromatic carbocycles. The molecule has 0 radical (unpaired) electrons. The number of sulfonamides is 2. The van der Waals surface area contributed by atoms with Crippen molar-refractivity contribution in [2.75, 3.05) is 16.6 Å². The summed E-state index contributed by atoms with van der Waals surface area (Å²) in [6.45, 7) is -0.171. The zero-order chi connectivity index (χ0) is 22.5. The first kappa shape index (κ1) is 22.8. The van der Waals surface area contributed by atoms with Crippen LogP contribution >= 0.6 is 11.3 Å². The monoisotopic (exact) mass is 484 g/mol. The fourth-order valence-corrected chi connectivity index (χ4v) is 5.21. The number of nitrogens with zero attached hydrogens (tertiary/aromatic N) is 1. The number of thiazole rings is 1. The number of anilines is 2. The molecule has 1 amide bonds. The number of halogens is 1. The predicted octanol–water partition coefficient (Wildman–Crippen LogP) is 2.39. The molecule has 164 valence electrons. The summed E-state index contributed by atoms with van der Waals surface area (Å²) < 4.78 is 66.3. The molecular formula is C18H17FN4O5S3. The molecule has 3 aromatic rings. The maximum absolute atomic E-state index is 12.9. The topological polar surface area (TPSA) is 134 Å². The van der Waals surface area contributed by atoms with E-state index in [4.69, 9.17) is 0 Å². The number of benzene rings is 2. The minimum atomic E-state index is -3.86. The molecule has 0 fully saturated rings. The van der Waals surface area contributed by atoms with E-state index in [0.29, 0.717) is 5.69 Å². The summed E-state index contributed by atoms with van der Waals surface area (Å²) in [5.41, 5.74) is 0.347. The number of nitrogens with one attached hydrogen (secondary N) is 3. The van der Waals surface area contributed by atoms with E-state index in [9.17, 15) is 26.0 Å². The maximum atomic E-state index is 12.9. The van der Waals surface area contributed by atoms with Crippen LogP contribution in [0.4, 0.5) is 15.2 Å². The van der Waals surface area contributed by atoms with Gasteiger partial charge >= 0.3 is 0 Å². The van der Waals surface area contributed by atoms with Crippen LogP contribution < -0.4 is 14.8 Å². The van der Waals surface area contributed by atoms with Gasteiger partial charge in [0, 0.05) is 30.2 Å². The highest BCUT2D eigenvalue weighted by molar-refractivity contribution is 7.93. The van der Waals surface area contributed by atoms with Crippen molar-refractivity contribution >= 4 is 48.1 Å². The highest BCUT2D eigenvalue weighted by Gasteiger charge is 2.16. The lowest BCUT2D eigenvalue weighted by atomic mass is 10.3. The molecule has 0 saturated carbocycles. The van der Waals surface area contributed by atoms with Crippen molar-refractivity contribution in [3.63, 3.8) is 0 Å². The number of amides is 1. The number of carbonyl (C=O) groups excluding carboxylic acids is 1. The summed E-state index contributed by atoms with van der Waals surface area (Å²) in [4.78, 5) is 15.8. The average molecular weight is 485 g/mol. The fraction of sp³-hybridized carbons (Fsp3) is 0.111. The van der Waals surface area contributed by atoms with E-state index < -0.39 is 31.8 Å². The van der Waals surface area contributed by atoms with E-state index in [1.165, 1.54) is 30.5 Å². The number of hydrogen-bond donors (Lipinski definition) is 3. The molecule has 3 rings (SSSR count). The van der Waals surface area contributed by atoms with Crippen LogP contribution in [0.15, 0.2) is 69.9 Å². The van der Waals surface area contributed by atoms with Crippen LogP contribution in [0.5, 0.6) is 0 Å². The summed E-state index contributed by atoms with van der Waals surface area (Å²) >= 11 is 1.14. The van der Waals surface area contributed by atoms with Crippen molar-refractivity contribution in [1.82, 2.24) is 9.71 Å². The van der Waals surface area contributed by atoms with Gasteiger partial charge < -0.3 is 5.32 Å². The molecule has 31 heavy (non-hydrogen) atoms. The van der Waals surface area contributed by atoms with Crippen molar-refractivity contribution in [3.8, 4) is 0 Å². The van der Waals surface area contributed by atoms with Gasteiger partial charge in [-0.1, -0.05) is 0 Å². The number of hydrogen-bond acceptors (Lipinski definition) is 7.